The Morgan fingerprint density at radius 3 is 2.75 bits per heavy atom. The van der Waals surface area contributed by atoms with E-state index in [4.69, 9.17) is 4.99 Å². The van der Waals surface area contributed by atoms with Crippen molar-refractivity contribution in [2.45, 2.75) is 12.8 Å². The lowest BCUT2D eigenvalue weighted by atomic mass is 9.99. The molecule has 0 aliphatic carbocycles. The lowest BCUT2D eigenvalue weighted by Crippen LogP contribution is -2.08. The molecule has 3 nitrogen and oxygen atoms in total. The first-order chi connectivity index (χ1) is 9.90. The van der Waals surface area contributed by atoms with Gasteiger partial charge < -0.3 is 0 Å². The summed E-state index contributed by atoms with van der Waals surface area (Å²) in [5.41, 5.74) is 5.43. The van der Waals surface area contributed by atoms with Gasteiger partial charge in [-0.15, -0.1) is 0 Å². The third-order valence-electron chi connectivity index (χ3n) is 3.66. The number of aromatic nitrogens is 2. The van der Waals surface area contributed by atoms with Crippen LogP contribution in [0.15, 0.2) is 59.9 Å². The molecule has 3 heterocycles. The molecule has 0 N–H and O–H groups in total. The molecule has 1 aromatic carbocycles. The number of rotatable bonds is 1. The Morgan fingerprint density at radius 1 is 0.850 bits per heavy atom. The van der Waals surface area contributed by atoms with Crippen LogP contribution in [-0.4, -0.2) is 15.7 Å². The summed E-state index contributed by atoms with van der Waals surface area (Å²) in [6.45, 7) is 0. The van der Waals surface area contributed by atoms with Gasteiger partial charge in [-0.3, -0.25) is 15.0 Å². The van der Waals surface area contributed by atoms with Gasteiger partial charge in [0.15, 0.2) is 0 Å². The summed E-state index contributed by atoms with van der Waals surface area (Å²) in [6.07, 6.45) is 5.55. The highest BCUT2D eigenvalue weighted by molar-refractivity contribution is 6.05. The van der Waals surface area contributed by atoms with Gasteiger partial charge in [-0.1, -0.05) is 12.1 Å². The molecule has 4 rings (SSSR count). The Hall–Kier alpha value is -2.55. The predicted molar refractivity (Wildman–Crippen MR) is 80.5 cm³/mol. The summed E-state index contributed by atoms with van der Waals surface area (Å²) in [6, 6.07) is 14.4. The van der Waals surface area contributed by atoms with Crippen LogP contribution in [0.25, 0.3) is 10.9 Å². The van der Waals surface area contributed by atoms with E-state index in [0.29, 0.717) is 0 Å². The summed E-state index contributed by atoms with van der Waals surface area (Å²) in [5.74, 6) is 0. The molecule has 0 atom stereocenters. The van der Waals surface area contributed by atoms with Gasteiger partial charge in [-0.2, -0.15) is 0 Å². The zero-order valence-corrected chi connectivity index (χ0v) is 11.0. The molecule has 0 fully saturated rings. The lowest BCUT2D eigenvalue weighted by Gasteiger charge is -2.14. The Bertz CT molecular complexity index is 821. The van der Waals surface area contributed by atoms with Gasteiger partial charge in [0, 0.05) is 23.5 Å². The van der Waals surface area contributed by atoms with Crippen molar-refractivity contribution >= 4 is 22.3 Å². The van der Waals surface area contributed by atoms with E-state index in [-0.39, 0.29) is 0 Å². The largest absolute Gasteiger partial charge is 0.259 e. The maximum absolute atomic E-state index is 4.76. The van der Waals surface area contributed by atoms with Gasteiger partial charge in [0.25, 0.3) is 0 Å². The first-order valence-electron chi connectivity index (χ1n) is 6.77. The zero-order chi connectivity index (χ0) is 13.4. The van der Waals surface area contributed by atoms with Crippen molar-refractivity contribution in [3.05, 3.63) is 66.1 Å². The zero-order valence-electron chi connectivity index (χ0n) is 11.0. The van der Waals surface area contributed by atoms with Gasteiger partial charge in [0.05, 0.1) is 16.9 Å². The molecule has 20 heavy (non-hydrogen) atoms. The summed E-state index contributed by atoms with van der Waals surface area (Å²) in [7, 11) is 0. The number of fused-ring (bicyclic) bond motifs is 2. The maximum atomic E-state index is 4.76. The van der Waals surface area contributed by atoms with Crippen molar-refractivity contribution in [3.8, 4) is 0 Å². The summed E-state index contributed by atoms with van der Waals surface area (Å²) in [5, 5.41) is 1.16. The molecule has 0 unspecified atom stereocenters. The number of hydrogen-bond acceptors (Lipinski definition) is 3. The normalized spacial score (nSPS) is 13.9. The fraction of sp³-hybridized carbons (Fsp3) is 0.118. The van der Waals surface area contributed by atoms with E-state index in [1.54, 1.807) is 0 Å². The van der Waals surface area contributed by atoms with Crippen molar-refractivity contribution < 1.29 is 0 Å². The molecule has 3 heteroatoms. The molecule has 0 saturated carbocycles. The fourth-order valence-electron chi connectivity index (χ4n) is 2.63. The monoisotopic (exact) mass is 259 g/mol. The van der Waals surface area contributed by atoms with Crippen molar-refractivity contribution in [2.75, 3.05) is 0 Å². The molecule has 1 aliphatic heterocycles. The number of aliphatic imine (C=N–C) groups is 1. The average molecular weight is 259 g/mol. The van der Waals surface area contributed by atoms with E-state index in [0.717, 1.165) is 40.8 Å². The Labute approximate surface area is 117 Å². The van der Waals surface area contributed by atoms with Gasteiger partial charge in [-0.05, 0) is 48.7 Å². The van der Waals surface area contributed by atoms with Crippen LogP contribution in [-0.2, 0) is 6.42 Å². The van der Waals surface area contributed by atoms with E-state index < -0.39 is 0 Å². The first kappa shape index (κ1) is 11.3. The lowest BCUT2D eigenvalue weighted by molar-refractivity contribution is 0.945. The molecule has 0 bridgehead atoms. The molecule has 96 valence electrons. The minimum Gasteiger partial charge on any atom is -0.259 e. The molecule has 0 spiro atoms. The van der Waals surface area contributed by atoms with Crippen LogP contribution in [0, 0.1) is 0 Å². The third-order valence-corrected chi connectivity index (χ3v) is 3.66. The van der Waals surface area contributed by atoms with Crippen LogP contribution in [0.3, 0.4) is 0 Å². The maximum Gasteiger partial charge on any atom is 0.0848 e. The highest BCUT2D eigenvalue weighted by Crippen LogP contribution is 2.26. The van der Waals surface area contributed by atoms with Crippen LogP contribution in [0.2, 0.25) is 0 Å². The second-order valence-electron chi connectivity index (χ2n) is 4.94. The average Bonchev–Trinajstić information content (AvgIpc) is 2.54. The van der Waals surface area contributed by atoms with Crippen molar-refractivity contribution in [2.24, 2.45) is 4.99 Å². The number of aryl methyl sites for hydroxylation is 1. The van der Waals surface area contributed by atoms with Crippen LogP contribution < -0.4 is 0 Å². The van der Waals surface area contributed by atoms with Crippen molar-refractivity contribution in [3.63, 3.8) is 0 Å². The van der Waals surface area contributed by atoms with E-state index in [1.807, 2.05) is 30.6 Å². The number of benzene rings is 1. The molecular weight excluding hydrogens is 246 g/mol. The van der Waals surface area contributed by atoms with Gasteiger partial charge in [0.1, 0.15) is 0 Å². The smallest absolute Gasteiger partial charge is 0.0848 e. The number of hydrogen-bond donors (Lipinski definition) is 0. The van der Waals surface area contributed by atoms with E-state index in [9.17, 15) is 0 Å². The quantitative estimate of drug-likeness (QED) is 0.668. The van der Waals surface area contributed by atoms with Crippen LogP contribution >= 0.6 is 0 Å². The second kappa shape index (κ2) is 4.53. The first-order valence-corrected chi connectivity index (χ1v) is 6.77. The molecule has 0 saturated heterocycles. The fourth-order valence-corrected chi connectivity index (χ4v) is 2.63. The number of nitrogens with zero attached hydrogens (tertiary/aromatic N) is 3. The Balaban J connectivity index is 1.82. The SMILES string of the molecule is c1cnc2c(c1)N=C(c1ccc3ncccc3c1)CC2. The summed E-state index contributed by atoms with van der Waals surface area (Å²) < 4.78 is 0. The van der Waals surface area contributed by atoms with Gasteiger partial charge >= 0.3 is 0 Å². The minimum absolute atomic E-state index is 0.940. The predicted octanol–water partition coefficient (Wildman–Crippen LogP) is 3.70. The Morgan fingerprint density at radius 2 is 1.75 bits per heavy atom. The van der Waals surface area contributed by atoms with Crippen molar-refractivity contribution in [1.82, 2.24) is 9.97 Å². The summed E-state index contributed by atoms with van der Waals surface area (Å²) in [4.78, 5) is 13.5. The van der Waals surface area contributed by atoms with E-state index in [2.05, 4.69) is 34.2 Å². The van der Waals surface area contributed by atoms with Gasteiger partial charge in [-0.25, -0.2) is 0 Å². The molecule has 1 aliphatic rings. The topological polar surface area (TPSA) is 38.1 Å². The highest BCUT2D eigenvalue weighted by Gasteiger charge is 2.14. The molecule has 3 aromatic rings. The van der Waals surface area contributed by atoms with Crippen LogP contribution in [0.4, 0.5) is 5.69 Å². The van der Waals surface area contributed by atoms with Crippen LogP contribution in [0.1, 0.15) is 17.7 Å². The van der Waals surface area contributed by atoms with Crippen molar-refractivity contribution in [1.29, 1.82) is 0 Å². The van der Waals surface area contributed by atoms with Crippen LogP contribution in [0.5, 0.6) is 0 Å². The molecule has 2 aromatic heterocycles. The molecule has 0 radical (unpaired) electrons. The molecule has 0 amide bonds. The minimum atomic E-state index is 0.940. The highest BCUT2D eigenvalue weighted by atomic mass is 14.8. The number of pyridine rings is 2. The third kappa shape index (κ3) is 1.88. The van der Waals surface area contributed by atoms with E-state index >= 15 is 0 Å². The summed E-state index contributed by atoms with van der Waals surface area (Å²) >= 11 is 0. The van der Waals surface area contributed by atoms with E-state index in [1.165, 1.54) is 5.56 Å². The van der Waals surface area contributed by atoms with Gasteiger partial charge in [0.2, 0.25) is 0 Å². The standard InChI is InChI=1S/C17H13N3/c1-3-12-11-13(5-6-14(12)18-9-1)15-7-8-16-17(20-15)4-2-10-19-16/h1-6,9-11H,7-8H2. The Kier molecular flexibility index (Phi) is 2.56. The molecular formula is C17H13N3. The second-order valence-corrected chi connectivity index (χ2v) is 4.94.